The third kappa shape index (κ3) is 1.93. The van der Waals surface area contributed by atoms with E-state index in [1.54, 1.807) is 30.3 Å². The maximum atomic E-state index is 14.1. The standard InChI is InChI=1S/C13H8Cl2FN3/c14-7-4-5-9-11(6-7)19(13(17)18-9)10-3-1-2-8(15)12(10)16/h1-6H,(H2,17,18). The molecule has 0 atom stereocenters. The lowest BCUT2D eigenvalue weighted by Gasteiger charge is -2.08. The van der Waals surface area contributed by atoms with Gasteiger partial charge >= 0.3 is 0 Å². The highest BCUT2D eigenvalue weighted by Crippen LogP contribution is 2.29. The summed E-state index contributed by atoms with van der Waals surface area (Å²) in [6, 6.07) is 9.82. The highest BCUT2D eigenvalue weighted by atomic mass is 35.5. The zero-order valence-corrected chi connectivity index (χ0v) is 11.1. The monoisotopic (exact) mass is 295 g/mol. The van der Waals surface area contributed by atoms with Gasteiger partial charge in [0.1, 0.15) is 0 Å². The summed E-state index contributed by atoms with van der Waals surface area (Å²) in [5, 5.41) is 0.553. The van der Waals surface area contributed by atoms with E-state index in [-0.39, 0.29) is 16.7 Å². The molecule has 0 bridgehead atoms. The SMILES string of the molecule is Nc1nc2ccc(Cl)cc2n1-c1cccc(Cl)c1F. The molecule has 0 aliphatic rings. The van der Waals surface area contributed by atoms with Crippen LogP contribution in [0.1, 0.15) is 0 Å². The normalized spacial score (nSPS) is 11.1. The molecule has 0 amide bonds. The molecule has 0 saturated carbocycles. The molecule has 3 aromatic rings. The van der Waals surface area contributed by atoms with Crippen LogP contribution in [-0.2, 0) is 0 Å². The maximum absolute atomic E-state index is 14.1. The van der Waals surface area contributed by atoms with Gasteiger partial charge in [0.05, 0.1) is 21.7 Å². The van der Waals surface area contributed by atoms with Crippen molar-refractivity contribution < 1.29 is 4.39 Å². The van der Waals surface area contributed by atoms with Gasteiger partial charge in [-0.2, -0.15) is 0 Å². The zero-order chi connectivity index (χ0) is 13.6. The molecule has 0 aliphatic carbocycles. The van der Waals surface area contributed by atoms with Gasteiger partial charge < -0.3 is 5.73 Å². The Labute approximate surface area is 118 Å². The second-order valence-corrected chi connectivity index (χ2v) is 4.86. The Hall–Kier alpha value is -1.78. The van der Waals surface area contributed by atoms with Gasteiger partial charge in [-0.3, -0.25) is 4.57 Å². The summed E-state index contributed by atoms with van der Waals surface area (Å²) in [4.78, 5) is 4.17. The van der Waals surface area contributed by atoms with Crippen molar-refractivity contribution in [1.82, 2.24) is 9.55 Å². The molecule has 3 nitrogen and oxygen atoms in total. The van der Waals surface area contributed by atoms with Crippen LogP contribution in [0, 0.1) is 5.82 Å². The fraction of sp³-hybridized carbons (Fsp3) is 0. The molecular weight excluding hydrogens is 288 g/mol. The predicted octanol–water partition coefficient (Wildman–Crippen LogP) is 4.05. The van der Waals surface area contributed by atoms with Gasteiger partial charge in [0.2, 0.25) is 5.95 Å². The van der Waals surface area contributed by atoms with E-state index in [0.717, 1.165) is 0 Å². The van der Waals surface area contributed by atoms with E-state index in [4.69, 9.17) is 28.9 Å². The van der Waals surface area contributed by atoms with Crippen molar-refractivity contribution in [1.29, 1.82) is 0 Å². The Bertz CT molecular complexity index is 783. The van der Waals surface area contributed by atoms with E-state index in [0.29, 0.717) is 16.1 Å². The minimum atomic E-state index is -0.546. The van der Waals surface area contributed by atoms with Gasteiger partial charge in [-0.1, -0.05) is 29.3 Å². The van der Waals surface area contributed by atoms with Crippen molar-refractivity contribution in [2.45, 2.75) is 0 Å². The molecule has 0 saturated heterocycles. The Balaban J connectivity index is 2.39. The molecule has 2 N–H and O–H groups in total. The third-order valence-electron chi connectivity index (χ3n) is 2.81. The quantitative estimate of drug-likeness (QED) is 0.736. The topological polar surface area (TPSA) is 43.8 Å². The fourth-order valence-electron chi connectivity index (χ4n) is 1.99. The lowest BCUT2D eigenvalue weighted by Crippen LogP contribution is -2.03. The minimum Gasteiger partial charge on any atom is -0.369 e. The van der Waals surface area contributed by atoms with E-state index in [9.17, 15) is 4.39 Å². The average molecular weight is 296 g/mol. The van der Waals surface area contributed by atoms with Gasteiger partial charge in [-0.15, -0.1) is 0 Å². The van der Waals surface area contributed by atoms with Gasteiger partial charge in [-0.05, 0) is 30.3 Å². The number of benzene rings is 2. The molecule has 1 heterocycles. The summed E-state index contributed by atoms with van der Waals surface area (Å²) in [6.45, 7) is 0. The number of imidazole rings is 1. The molecule has 3 rings (SSSR count). The van der Waals surface area contributed by atoms with E-state index < -0.39 is 5.82 Å². The number of nitrogens with two attached hydrogens (primary N) is 1. The first-order chi connectivity index (χ1) is 9.08. The Morgan fingerprint density at radius 3 is 2.74 bits per heavy atom. The van der Waals surface area contributed by atoms with E-state index in [1.807, 2.05) is 0 Å². The van der Waals surface area contributed by atoms with Crippen molar-refractivity contribution in [3.05, 3.63) is 52.3 Å². The van der Waals surface area contributed by atoms with Gasteiger partial charge in [-0.25, -0.2) is 9.37 Å². The van der Waals surface area contributed by atoms with Crippen LogP contribution < -0.4 is 5.73 Å². The van der Waals surface area contributed by atoms with E-state index >= 15 is 0 Å². The number of aromatic nitrogens is 2. The number of anilines is 1. The Kier molecular flexibility index (Phi) is 2.84. The average Bonchev–Trinajstić information content (AvgIpc) is 2.69. The van der Waals surface area contributed by atoms with Crippen LogP contribution in [0.4, 0.5) is 10.3 Å². The maximum Gasteiger partial charge on any atom is 0.206 e. The van der Waals surface area contributed by atoms with Crippen LogP contribution in [-0.4, -0.2) is 9.55 Å². The summed E-state index contributed by atoms with van der Waals surface area (Å²) < 4.78 is 15.6. The van der Waals surface area contributed by atoms with Crippen molar-refractivity contribution in [2.75, 3.05) is 5.73 Å². The molecule has 0 spiro atoms. The molecule has 96 valence electrons. The summed E-state index contributed by atoms with van der Waals surface area (Å²) in [5.74, 6) is -0.367. The minimum absolute atomic E-state index is 0.0285. The summed E-state index contributed by atoms with van der Waals surface area (Å²) in [7, 11) is 0. The summed E-state index contributed by atoms with van der Waals surface area (Å²) >= 11 is 11.7. The van der Waals surface area contributed by atoms with Crippen LogP contribution >= 0.6 is 23.2 Å². The highest BCUT2D eigenvalue weighted by Gasteiger charge is 2.15. The fourth-order valence-corrected chi connectivity index (χ4v) is 2.32. The van der Waals surface area contributed by atoms with Crippen LogP contribution in [0.2, 0.25) is 10.0 Å². The van der Waals surface area contributed by atoms with Crippen LogP contribution in [0.3, 0.4) is 0 Å². The van der Waals surface area contributed by atoms with Crippen molar-refractivity contribution >= 4 is 40.2 Å². The van der Waals surface area contributed by atoms with Gasteiger partial charge in [0.25, 0.3) is 0 Å². The second-order valence-electron chi connectivity index (χ2n) is 4.01. The Morgan fingerprint density at radius 2 is 1.95 bits per heavy atom. The molecule has 2 aromatic carbocycles. The number of halogens is 3. The third-order valence-corrected chi connectivity index (χ3v) is 3.34. The first-order valence-electron chi connectivity index (χ1n) is 5.46. The van der Waals surface area contributed by atoms with Crippen LogP contribution in [0.15, 0.2) is 36.4 Å². The summed E-state index contributed by atoms with van der Waals surface area (Å²) in [5.41, 5.74) is 7.37. The molecule has 6 heteroatoms. The molecular formula is C13H8Cl2FN3. The van der Waals surface area contributed by atoms with Gasteiger partial charge in [0, 0.05) is 5.02 Å². The lowest BCUT2D eigenvalue weighted by atomic mass is 10.2. The first-order valence-corrected chi connectivity index (χ1v) is 6.21. The van der Waals surface area contributed by atoms with Gasteiger partial charge in [0.15, 0.2) is 5.82 Å². The molecule has 0 fully saturated rings. The van der Waals surface area contributed by atoms with E-state index in [2.05, 4.69) is 4.98 Å². The summed E-state index contributed by atoms with van der Waals surface area (Å²) in [6.07, 6.45) is 0. The number of nitrogens with zero attached hydrogens (tertiary/aromatic N) is 2. The Morgan fingerprint density at radius 1 is 1.16 bits per heavy atom. The second kappa shape index (κ2) is 4.40. The lowest BCUT2D eigenvalue weighted by molar-refractivity contribution is 0.620. The van der Waals surface area contributed by atoms with Crippen LogP contribution in [0.25, 0.3) is 16.7 Å². The molecule has 1 aromatic heterocycles. The number of fused-ring (bicyclic) bond motifs is 1. The smallest absolute Gasteiger partial charge is 0.206 e. The van der Waals surface area contributed by atoms with Crippen molar-refractivity contribution in [3.63, 3.8) is 0 Å². The molecule has 0 radical (unpaired) electrons. The largest absolute Gasteiger partial charge is 0.369 e. The van der Waals surface area contributed by atoms with Crippen molar-refractivity contribution in [2.24, 2.45) is 0 Å². The first kappa shape index (κ1) is 12.3. The number of hydrogen-bond acceptors (Lipinski definition) is 2. The number of nitrogen functional groups attached to an aromatic ring is 1. The van der Waals surface area contributed by atoms with Crippen LogP contribution in [0.5, 0.6) is 0 Å². The number of hydrogen-bond donors (Lipinski definition) is 1. The van der Waals surface area contributed by atoms with Crippen molar-refractivity contribution in [3.8, 4) is 5.69 Å². The molecule has 0 unspecified atom stereocenters. The molecule has 19 heavy (non-hydrogen) atoms. The number of rotatable bonds is 1. The molecule has 0 aliphatic heterocycles. The van der Waals surface area contributed by atoms with E-state index in [1.165, 1.54) is 10.6 Å². The predicted molar refractivity (Wildman–Crippen MR) is 75.5 cm³/mol. The highest BCUT2D eigenvalue weighted by molar-refractivity contribution is 6.31. The zero-order valence-electron chi connectivity index (χ0n) is 9.57.